The van der Waals surface area contributed by atoms with Crippen LogP contribution in [0.5, 0.6) is 0 Å². The number of carbonyl (C=O) groups is 1. The van der Waals surface area contributed by atoms with Crippen LogP contribution in [-0.4, -0.2) is 30.4 Å². The number of carbonyl (C=O) groups excluding carboxylic acids is 1. The van der Waals surface area contributed by atoms with Gasteiger partial charge in [-0.2, -0.15) is 0 Å². The standard InChI is InChI=1S/C8H17N3O/c1-2-11(5-7-3-4-7)6-8(12)10-9/h7H,2-6,9H2,1H3,(H,10,12). The summed E-state index contributed by atoms with van der Waals surface area (Å²) >= 11 is 0. The van der Waals surface area contributed by atoms with Gasteiger partial charge in [0.15, 0.2) is 0 Å². The smallest absolute Gasteiger partial charge is 0.248 e. The molecule has 3 N–H and O–H groups in total. The third-order valence-electron chi connectivity index (χ3n) is 2.19. The van der Waals surface area contributed by atoms with E-state index in [9.17, 15) is 4.79 Å². The highest BCUT2D eigenvalue weighted by atomic mass is 16.2. The fraction of sp³-hybridized carbons (Fsp3) is 0.875. The normalized spacial score (nSPS) is 16.6. The molecule has 4 nitrogen and oxygen atoms in total. The van der Waals surface area contributed by atoms with Crippen molar-refractivity contribution < 1.29 is 4.79 Å². The van der Waals surface area contributed by atoms with Gasteiger partial charge >= 0.3 is 0 Å². The minimum atomic E-state index is -0.0995. The number of nitrogens with two attached hydrogens (primary N) is 1. The number of nitrogens with one attached hydrogen (secondary N) is 1. The molecule has 0 aromatic heterocycles. The van der Waals surface area contributed by atoms with Crippen molar-refractivity contribution in [2.24, 2.45) is 11.8 Å². The molecule has 0 spiro atoms. The van der Waals surface area contributed by atoms with Crippen LogP contribution in [0.3, 0.4) is 0 Å². The SMILES string of the molecule is CCN(CC(=O)NN)CC1CC1. The number of hydrogen-bond donors (Lipinski definition) is 2. The van der Waals surface area contributed by atoms with E-state index in [0.717, 1.165) is 19.0 Å². The number of likely N-dealkylation sites (N-methyl/N-ethyl adjacent to an activating group) is 1. The van der Waals surface area contributed by atoms with Gasteiger partial charge in [-0.15, -0.1) is 0 Å². The summed E-state index contributed by atoms with van der Waals surface area (Å²) in [7, 11) is 0. The average Bonchev–Trinajstić information content (AvgIpc) is 2.86. The van der Waals surface area contributed by atoms with E-state index in [1.165, 1.54) is 12.8 Å². The number of hydrogen-bond acceptors (Lipinski definition) is 3. The van der Waals surface area contributed by atoms with E-state index >= 15 is 0 Å². The second-order valence-corrected chi connectivity index (χ2v) is 3.34. The first kappa shape index (κ1) is 9.48. The molecule has 1 aliphatic carbocycles. The van der Waals surface area contributed by atoms with Gasteiger partial charge in [-0.1, -0.05) is 6.92 Å². The van der Waals surface area contributed by atoms with Crippen LogP contribution in [0.4, 0.5) is 0 Å². The molecular formula is C8H17N3O. The van der Waals surface area contributed by atoms with Crippen LogP contribution >= 0.6 is 0 Å². The maximum atomic E-state index is 10.9. The molecule has 0 heterocycles. The van der Waals surface area contributed by atoms with Crippen molar-refractivity contribution in [3.05, 3.63) is 0 Å². The summed E-state index contributed by atoms with van der Waals surface area (Å²) in [5.41, 5.74) is 2.14. The van der Waals surface area contributed by atoms with Crippen molar-refractivity contribution in [1.82, 2.24) is 10.3 Å². The summed E-state index contributed by atoms with van der Waals surface area (Å²) in [6, 6.07) is 0. The van der Waals surface area contributed by atoms with Crippen LogP contribution < -0.4 is 11.3 Å². The molecule has 0 aliphatic heterocycles. The predicted molar refractivity (Wildman–Crippen MR) is 47.2 cm³/mol. The molecule has 12 heavy (non-hydrogen) atoms. The Balaban J connectivity index is 2.18. The van der Waals surface area contributed by atoms with Crippen LogP contribution in [0, 0.1) is 5.92 Å². The van der Waals surface area contributed by atoms with Crippen molar-refractivity contribution in [3.8, 4) is 0 Å². The third kappa shape index (κ3) is 3.19. The zero-order valence-electron chi connectivity index (χ0n) is 7.55. The van der Waals surface area contributed by atoms with E-state index in [-0.39, 0.29) is 5.91 Å². The van der Waals surface area contributed by atoms with Crippen molar-refractivity contribution in [2.75, 3.05) is 19.6 Å². The fourth-order valence-corrected chi connectivity index (χ4v) is 1.22. The van der Waals surface area contributed by atoms with Crippen molar-refractivity contribution in [1.29, 1.82) is 0 Å². The summed E-state index contributed by atoms with van der Waals surface area (Å²) in [6.45, 7) is 4.46. The van der Waals surface area contributed by atoms with E-state index in [2.05, 4.69) is 17.2 Å². The highest BCUT2D eigenvalue weighted by molar-refractivity contribution is 5.77. The van der Waals surface area contributed by atoms with Crippen LogP contribution in [0.2, 0.25) is 0 Å². The van der Waals surface area contributed by atoms with Gasteiger partial charge in [-0.25, -0.2) is 5.84 Å². The monoisotopic (exact) mass is 171 g/mol. The summed E-state index contributed by atoms with van der Waals surface area (Å²) < 4.78 is 0. The lowest BCUT2D eigenvalue weighted by atomic mass is 10.3. The lowest BCUT2D eigenvalue weighted by Gasteiger charge is -2.18. The van der Waals surface area contributed by atoms with Gasteiger partial charge in [-0.3, -0.25) is 15.1 Å². The molecule has 0 bridgehead atoms. The fourth-order valence-electron chi connectivity index (χ4n) is 1.22. The minimum Gasteiger partial charge on any atom is -0.294 e. The van der Waals surface area contributed by atoms with Crippen molar-refractivity contribution in [2.45, 2.75) is 19.8 Å². The minimum absolute atomic E-state index is 0.0995. The van der Waals surface area contributed by atoms with E-state index in [0.29, 0.717) is 6.54 Å². The Kier molecular flexibility index (Phi) is 3.49. The first-order chi connectivity index (χ1) is 5.76. The average molecular weight is 171 g/mol. The van der Waals surface area contributed by atoms with Gasteiger partial charge in [0.2, 0.25) is 5.91 Å². The predicted octanol–water partition coefficient (Wildman–Crippen LogP) is -0.292. The Morgan fingerprint density at radius 2 is 2.33 bits per heavy atom. The summed E-state index contributed by atoms with van der Waals surface area (Å²) in [6.07, 6.45) is 2.64. The molecule has 70 valence electrons. The topological polar surface area (TPSA) is 58.4 Å². The van der Waals surface area contributed by atoms with Gasteiger partial charge in [0.1, 0.15) is 0 Å². The molecule has 0 saturated heterocycles. The maximum absolute atomic E-state index is 10.9. The zero-order chi connectivity index (χ0) is 8.97. The zero-order valence-corrected chi connectivity index (χ0v) is 7.55. The van der Waals surface area contributed by atoms with E-state index in [1.807, 2.05) is 0 Å². The molecule has 1 amide bonds. The maximum Gasteiger partial charge on any atom is 0.248 e. The van der Waals surface area contributed by atoms with Gasteiger partial charge in [0.05, 0.1) is 6.54 Å². The van der Waals surface area contributed by atoms with E-state index in [4.69, 9.17) is 5.84 Å². The van der Waals surface area contributed by atoms with Crippen molar-refractivity contribution >= 4 is 5.91 Å². The molecule has 1 fully saturated rings. The Bertz CT molecular complexity index is 156. The second kappa shape index (κ2) is 4.42. The Morgan fingerprint density at radius 1 is 1.67 bits per heavy atom. The van der Waals surface area contributed by atoms with E-state index < -0.39 is 0 Å². The highest BCUT2D eigenvalue weighted by Gasteiger charge is 2.24. The Labute approximate surface area is 73.1 Å². The molecule has 0 aromatic rings. The van der Waals surface area contributed by atoms with Crippen LogP contribution in [0.15, 0.2) is 0 Å². The quantitative estimate of drug-likeness (QED) is 0.339. The molecule has 4 heteroatoms. The third-order valence-corrected chi connectivity index (χ3v) is 2.19. The lowest BCUT2D eigenvalue weighted by Crippen LogP contribution is -2.41. The lowest BCUT2D eigenvalue weighted by molar-refractivity contribution is -0.122. The highest BCUT2D eigenvalue weighted by Crippen LogP contribution is 2.29. The summed E-state index contributed by atoms with van der Waals surface area (Å²) in [5, 5.41) is 0. The molecule has 1 rings (SSSR count). The molecular weight excluding hydrogens is 154 g/mol. The number of nitrogens with zero attached hydrogens (tertiary/aromatic N) is 1. The number of rotatable bonds is 5. The molecule has 0 atom stereocenters. The molecule has 1 aliphatic rings. The van der Waals surface area contributed by atoms with Crippen LogP contribution in [-0.2, 0) is 4.79 Å². The summed E-state index contributed by atoms with van der Waals surface area (Å²) in [5.74, 6) is 5.72. The van der Waals surface area contributed by atoms with Crippen molar-refractivity contribution in [3.63, 3.8) is 0 Å². The molecule has 0 aromatic carbocycles. The number of amides is 1. The molecule has 0 unspecified atom stereocenters. The van der Waals surface area contributed by atoms with Gasteiger partial charge in [0.25, 0.3) is 0 Å². The van der Waals surface area contributed by atoms with Gasteiger partial charge in [0, 0.05) is 6.54 Å². The van der Waals surface area contributed by atoms with Crippen LogP contribution in [0.1, 0.15) is 19.8 Å². The number of hydrazine groups is 1. The Morgan fingerprint density at radius 3 is 2.75 bits per heavy atom. The summed E-state index contributed by atoms with van der Waals surface area (Å²) in [4.78, 5) is 13.0. The Hall–Kier alpha value is -0.610. The van der Waals surface area contributed by atoms with Crippen LogP contribution in [0.25, 0.3) is 0 Å². The first-order valence-corrected chi connectivity index (χ1v) is 4.48. The molecule has 1 saturated carbocycles. The van der Waals surface area contributed by atoms with E-state index in [1.54, 1.807) is 0 Å². The molecule has 0 radical (unpaired) electrons. The largest absolute Gasteiger partial charge is 0.294 e. The first-order valence-electron chi connectivity index (χ1n) is 4.48. The van der Waals surface area contributed by atoms with Gasteiger partial charge < -0.3 is 0 Å². The van der Waals surface area contributed by atoms with Gasteiger partial charge in [-0.05, 0) is 25.3 Å². The second-order valence-electron chi connectivity index (χ2n) is 3.34.